The minimum Gasteiger partial charge on any atom is -0.255 e. The maximum absolute atomic E-state index is 4.87. The molecule has 0 saturated carbocycles. The van der Waals surface area contributed by atoms with Gasteiger partial charge in [0, 0.05) is 27.2 Å². The molecule has 6 aromatic carbocycles. The number of rotatable bonds is 2. The lowest BCUT2D eigenvalue weighted by Crippen LogP contribution is -1.87. The molecule has 0 N–H and O–H groups in total. The molecular formula is C36H23NS. The monoisotopic (exact) mass is 501 g/mol. The van der Waals surface area contributed by atoms with E-state index in [1.807, 2.05) is 17.5 Å². The third-order valence-electron chi connectivity index (χ3n) is 7.76. The van der Waals surface area contributed by atoms with Crippen molar-refractivity contribution >= 4 is 63.8 Å². The molecule has 0 unspecified atom stereocenters. The van der Waals surface area contributed by atoms with E-state index in [9.17, 15) is 0 Å². The minimum absolute atomic E-state index is 1.06. The van der Waals surface area contributed by atoms with Crippen molar-refractivity contribution in [2.24, 2.45) is 0 Å². The highest BCUT2D eigenvalue weighted by molar-refractivity contribution is 7.26. The van der Waals surface area contributed by atoms with E-state index in [4.69, 9.17) is 4.98 Å². The molecule has 0 atom stereocenters. The molecule has 178 valence electrons. The van der Waals surface area contributed by atoms with Crippen molar-refractivity contribution in [2.45, 2.75) is 6.92 Å². The molecule has 2 heteroatoms. The van der Waals surface area contributed by atoms with Gasteiger partial charge in [-0.15, -0.1) is 11.3 Å². The molecule has 0 bridgehead atoms. The number of fused-ring (bicyclic) bond motifs is 9. The number of benzene rings is 6. The second kappa shape index (κ2) is 8.24. The number of hydrogen-bond donors (Lipinski definition) is 0. The summed E-state index contributed by atoms with van der Waals surface area (Å²) in [5.41, 5.74) is 5.92. The summed E-state index contributed by atoms with van der Waals surface area (Å²) < 4.78 is 2.56. The van der Waals surface area contributed by atoms with Crippen LogP contribution in [0.25, 0.3) is 74.9 Å². The van der Waals surface area contributed by atoms with E-state index >= 15 is 0 Å². The van der Waals surface area contributed by atoms with Crippen molar-refractivity contribution in [3.05, 3.63) is 127 Å². The molecule has 2 aromatic heterocycles. The Labute approximate surface area is 224 Å². The number of aromatic nitrogens is 1. The van der Waals surface area contributed by atoms with Crippen LogP contribution >= 0.6 is 11.3 Å². The van der Waals surface area contributed by atoms with Gasteiger partial charge in [0.2, 0.25) is 0 Å². The van der Waals surface area contributed by atoms with Crippen LogP contribution in [0.1, 0.15) is 5.56 Å². The van der Waals surface area contributed by atoms with Crippen LogP contribution in [-0.2, 0) is 0 Å². The minimum atomic E-state index is 1.06. The van der Waals surface area contributed by atoms with Crippen molar-refractivity contribution in [1.29, 1.82) is 0 Å². The highest BCUT2D eigenvalue weighted by Crippen LogP contribution is 2.41. The van der Waals surface area contributed by atoms with Gasteiger partial charge in [0.1, 0.15) is 0 Å². The largest absolute Gasteiger partial charge is 0.255 e. The van der Waals surface area contributed by atoms with E-state index < -0.39 is 0 Å². The molecular weight excluding hydrogens is 478 g/mol. The van der Waals surface area contributed by atoms with Crippen LogP contribution in [0.15, 0.2) is 121 Å². The molecule has 0 fully saturated rings. The van der Waals surface area contributed by atoms with Crippen LogP contribution in [0.2, 0.25) is 0 Å². The Bertz CT molecular complexity index is 2170. The summed E-state index contributed by atoms with van der Waals surface area (Å²) in [5.74, 6) is 0. The zero-order valence-electron chi connectivity index (χ0n) is 20.9. The van der Waals surface area contributed by atoms with Gasteiger partial charge in [0.15, 0.2) is 0 Å². The molecule has 0 spiro atoms. The van der Waals surface area contributed by atoms with Gasteiger partial charge in [-0.2, -0.15) is 0 Å². The van der Waals surface area contributed by atoms with Gasteiger partial charge < -0.3 is 0 Å². The molecule has 0 saturated heterocycles. The zero-order chi connectivity index (χ0) is 25.2. The SMILES string of the molecule is Cc1ccc2sc3c(-c4cccc(-c5ccc6c7ccccc7c7ccccc7c6c5)c4)nccc3c2c1. The highest BCUT2D eigenvalue weighted by atomic mass is 32.1. The Hall–Kier alpha value is -4.53. The first-order chi connectivity index (χ1) is 18.7. The molecule has 8 aromatic rings. The lowest BCUT2D eigenvalue weighted by molar-refractivity contribution is 1.37. The first-order valence-electron chi connectivity index (χ1n) is 13.0. The quantitative estimate of drug-likeness (QED) is 0.215. The number of aryl methyl sites for hydroxylation is 1. The molecule has 0 radical (unpaired) electrons. The fraction of sp³-hybridized carbons (Fsp3) is 0.0278. The third-order valence-corrected chi connectivity index (χ3v) is 8.95. The standard InChI is InChI=1S/C36H23NS/c1-22-13-16-34-33(19-22)31-17-18-37-35(36(31)38-34)25-8-6-7-23(20-25)24-14-15-30-28-11-3-2-9-26(28)27-10-4-5-12-29(27)32(30)21-24/h2-21H,1H3. The molecule has 1 nitrogen and oxygen atoms in total. The summed E-state index contributed by atoms with van der Waals surface area (Å²) in [7, 11) is 0. The Balaban J connectivity index is 1.33. The second-order valence-electron chi connectivity index (χ2n) is 10.1. The predicted octanol–water partition coefficient (Wildman–Crippen LogP) is 10.6. The molecule has 0 amide bonds. The third kappa shape index (κ3) is 3.21. The fourth-order valence-electron chi connectivity index (χ4n) is 5.96. The number of thiophene rings is 1. The van der Waals surface area contributed by atoms with E-state index in [1.165, 1.54) is 69.2 Å². The normalized spacial score (nSPS) is 11.8. The summed E-state index contributed by atoms with van der Waals surface area (Å²) in [6.07, 6.45) is 1.95. The van der Waals surface area contributed by atoms with Gasteiger partial charge in [-0.3, -0.25) is 4.98 Å². The maximum Gasteiger partial charge on any atom is 0.0880 e. The van der Waals surface area contributed by atoms with Crippen LogP contribution < -0.4 is 0 Å². The average molecular weight is 502 g/mol. The number of pyridine rings is 1. The van der Waals surface area contributed by atoms with E-state index in [0.29, 0.717) is 0 Å². The van der Waals surface area contributed by atoms with Gasteiger partial charge in [-0.05, 0) is 80.7 Å². The highest BCUT2D eigenvalue weighted by Gasteiger charge is 2.14. The second-order valence-corrected chi connectivity index (χ2v) is 11.1. The van der Waals surface area contributed by atoms with Gasteiger partial charge in [-0.25, -0.2) is 0 Å². The first-order valence-corrected chi connectivity index (χ1v) is 13.8. The Morgan fingerprint density at radius 3 is 1.89 bits per heavy atom. The summed E-state index contributed by atoms with van der Waals surface area (Å²) >= 11 is 1.84. The molecule has 38 heavy (non-hydrogen) atoms. The summed E-state index contributed by atoms with van der Waals surface area (Å²) in [6, 6.07) is 42.1. The molecule has 8 rings (SSSR count). The van der Waals surface area contributed by atoms with Crippen molar-refractivity contribution in [3.8, 4) is 22.4 Å². The van der Waals surface area contributed by atoms with E-state index in [-0.39, 0.29) is 0 Å². The first kappa shape index (κ1) is 21.5. The van der Waals surface area contributed by atoms with Crippen LogP contribution in [0.5, 0.6) is 0 Å². The lowest BCUT2D eigenvalue weighted by atomic mass is 9.91. The Morgan fingerprint density at radius 1 is 0.474 bits per heavy atom. The maximum atomic E-state index is 4.87. The molecule has 0 aliphatic heterocycles. The van der Waals surface area contributed by atoms with Gasteiger partial charge in [0.25, 0.3) is 0 Å². The van der Waals surface area contributed by atoms with Crippen LogP contribution in [0, 0.1) is 6.92 Å². The topological polar surface area (TPSA) is 12.9 Å². The summed E-state index contributed by atoms with van der Waals surface area (Å²) in [5, 5.41) is 10.4. The smallest absolute Gasteiger partial charge is 0.0880 e. The van der Waals surface area contributed by atoms with Crippen molar-refractivity contribution in [3.63, 3.8) is 0 Å². The molecule has 0 aliphatic rings. The van der Waals surface area contributed by atoms with Crippen molar-refractivity contribution in [1.82, 2.24) is 4.98 Å². The fourth-order valence-corrected chi connectivity index (χ4v) is 7.15. The number of nitrogens with zero attached hydrogens (tertiary/aromatic N) is 1. The average Bonchev–Trinajstić information content (AvgIpc) is 3.35. The van der Waals surface area contributed by atoms with Gasteiger partial charge in [0.05, 0.1) is 10.4 Å². The lowest BCUT2D eigenvalue weighted by Gasteiger charge is -2.12. The predicted molar refractivity (Wildman–Crippen MR) is 165 cm³/mol. The van der Waals surface area contributed by atoms with E-state index in [0.717, 1.165) is 11.3 Å². The van der Waals surface area contributed by atoms with Crippen molar-refractivity contribution < 1.29 is 0 Å². The van der Waals surface area contributed by atoms with E-state index in [2.05, 4.69) is 122 Å². The molecule has 0 aliphatic carbocycles. The number of hydrogen-bond acceptors (Lipinski definition) is 2. The Kier molecular flexibility index (Phi) is 4.67. The summed E-state index contributed by atoms with van der Waals surface area (Å²) in [4.78, 5) is 4.87. The van der Waals surface area contributed by atoms with Crippen LogP contribution in [-0.4, -0.2) is 4.98 Å². The van der Waals surface area contributed by atoms with Crippen molar-refractivity contribution in [2.75, 3.05) is 0 Å². The van der Waals surface area contributed by atoms with Gasteiger partial charge >= 0.3 is 0 Å². The summed E-state index contributed by atoms with van der Waals surface area (Å²) in [6.45, 7) is 2.16. The zero-order valence-corrected chi connectivity index (χ0v) is 21.7. The van der Waals surface area contributed by atoms with Crippen LogP contribution in [0.4, 0.5) is 0 Å². The van der Waals surface area contributed by atoms with E-state index in [1.54, 1.807) is 0 Å². The van der Waals surface area contributed by atoms with Crippen LogP contribution in [0.3, 0.4) is 0 Å². The Morgan fingerprint density at radius 2 is 1.13 bits per heavy atom. The van der Waals surface area contributed by atoms with Gasteiger partial charge in [-0.1, -0.05) is 90.5 Å². The molecule has 2 heterocycles.